The standard InChI is InChI=1S/C26H21N3O/c27-26(28)29(24-15-14-20-13-12-19-7-5-11-23(24)25(19)20)17-18-6-4-10-22(16-18)30-21-8-2-1-3-9-21/h1-16H,17H2,(H3,27,28). The van der Waals surface area contributed by atoms with Gasteiger partial charge in [0, 0.05) is 5.39 Å². The third kappa shape index (κ3) is 3.29. The van der Waals surface area contributed by atoms with Crippen LogP contribution in [0.3, 0.4) is 0 Å². The van der Waals surface area contributed by atoms with Crippen molar-refractivity contribution in [2.24, 2.45) is 5.73 Å². The Morgan fingerprint density at radius 2 is 1.53 bits per heavy atom. The second kappa shape index (κ2) is 7.41. The number of hydrogen-bond donors (Lipinski definition) is 2. The Hall–Kier alpha value is -4.05. The van der Waals surface area contributed by atoms with Gasteiger partial charge in [-0.2, -0.15) is 0 Å². The lowest BCUT2D eigenvalue weighted by atomic mass is 10.0. The number of para-hydroxylation sites is 1. The highest BCUT2D eigenvalue weighted by molar-refractivity contribution is 6.12. The minimum atomic E-state index is 0.0102. The summed E-state index contributed by atoms with van der Waals surface area (Å²) in [5.41, 5.74) is 10.4. The molecule has 4 heteroatoms. The van der Waals surface area contributed by atoms with Gasteiger partial charge in [-0.25, -0.2) is 0 Å². The van der Waals surface area contributed by atoms with Crippen LogP contribution in [0, 0.1) is 5.41 Å². The molecule has 0 amide bonds. The van der Waals surface area contributed by atoms with Crippen molar-refractivity contribution < 1.29 is 4.74 Å². The summed E-state index contributed by atoms with van der Waals surface area (Å²) in [4.78, 5) is 1.84. The highest BCUT2D eigenvalue weighted by atomic mass is 16.5. The summed E-state index contributed by atoms with van der Waals surface area (Å²) in [6.07, 6.45) is 4.26. The van der Waals surface area contributed by atoms with Crippen LogP contribution in [-0.4, -0.2) is 5.96 Å². The highest BCUT2D eigenvalue weighted by Gasteiger charge is 2.18. The molecular weight excluding hydrogens is 370 g/mol. The number of nitrogens with two attached hydrogens (primary N) is 1. The van der Waals surface area contributed by atoms with E-state index in [9.17, 15) is 0 Å². The molecule has 0 radical (unpaired) electrons. The van der Waals surface area contributed by atoms with Crippen LogP contribution in [0.15, 0.2) is 84.9 Å². The Bertz CT molecular complexity index is 1270. The molecule has 0 unspecified atom stereocenters. The van der Waals surface area contributed by atoms with Crippen molar-refractivity contribution in [1.82, 2.24) is 0 Å². The van der Waals surface area contributed by atoms with Gasteiger partial charge in [0.25, 0.3) is 0 Å². The van der Waals surface area contributed by atoms with Gasteiger partial charge in [-0.05, 0) is 52.4 Å². The second-order valence-corrected chi connectivity index (χ2v) is 7.31. The molecule has 0 bridgehead atoms. The summed E-state index contributed by atoms with van der Waals surface area (Å²) in [5, 5.41) is 10.5. The molecule has 30 heavy (non-hydrogen) atoms. The summed E-state index contributed by atoms with van der Waals surface area (Å²) >= 11 is 0. The van der Waals surface area contributed by atoms with Crippen molar-refractivity contribution in [3.05, 3.63) is 102 Å². The van der Waals surface area contributed by atoms with Gasteiger partial charge < -0.3 is 15.4 Å². The largest absolute Gasteiger partial charge is 0.457 e. The van der Waals surface area contributed by atoms with Crippen LogP contribution >= 0.6 is 0 Å². The van der Waals surface area contributed by atoms with Crippen LogP contribution in [0.5, 0.6) is 11.5 Å². The maximum absolute atomic E-state index is 8.23. The van der Waals surface area contributed by atoms with Gasteiger partial charge in [0.05, 0.1) is 12.2 Å². The molecule has 4 aromatic carbocycles. The SMILES string of the molecule is N=C(N)N(Cc1cccc(Oc2ccccc2)c1)c1ccc2c3c(cccc13)C=C2. The predicted octanol–water partition coefficient (Wildman–Crippen LogP) is 6.02. The average molecular weight is 391 g/mol. The lowest BCUT2D eigenvalue weighted by molar-refractivity contribution is 0.482. The number of nitrogens with zero attached hydrogens (tertiary/aromatic N) is 1. The van der Waals surface area contributed by atoms with Crippen molar-refractivity contribution in [2.45, 2.75) is 6.54 Å². The fourth-order valence-electron chi connectivity index (χ4n) is 3.95. The van der Waals surface area contributed by atoms with Crippen LogP contribution in [0.25, 0.3) is 22.9 Å². The average Bonchev–Trinajstić information content (AvgIpc) is 3.18. The van der Waals surface area contributed by atoms with Gasteiger partial charge in [0.15, 0.2) is 5.96 Å². The Balaban J connectivity index is 1.48. The van der Waals surface area contributed by atoms with E-state index in [-0.39, 0.29) is 5.96 Å². The molecule has 0 aliphatic heterocycles. The van der Waals surface area contributed by atoms with Crippen LogP contribution in [-0.2, 0) is 6.54 Å². The molecule has 5 rings (SSSR count). The van der Waals surface area contributed by atoms with Gasteiger partial charge in [-0.3, -0.25) is 5.41 Å². The molecule has 0 saturated heterocycles. The zero-order valence-electron chi connectivity index (χ0n) is 16.4. The smallest absolute Gasteiger partial charge is 0.193 e. The molecule has 4 nitrogen and oxygen atoms in total. The molecule has 1 aliphatic carbocycles. The maximum Gasteiger partial charge on any atom is 0.193 e. The molecule has 0 saturated carbocycles. The summed E-state index contributed by atoms with van der Waals surface area (Å²) in [6.45, 7) is 0.480. The first-order valence-corrected chi connectivity index (χ1v) is 9.86. The minimum Gasteiger partial charge on any atom is -0.457 e. The van der Waals surface area contributed by atoms with E-state index in [4.69, 9.17) is 15.9 Å². The molecular formula is C26H21N3O. The van der Waals surface area contributed by atoms with Gasteiger partial charge in [0.2, 0.25) is 0 Å². The van der Waals surface area contributed by atoms with Crippen LogP contribution < -0.4 is 15.4 Å². The first kappa shape index (κ1) is 18.0. The lowest BCUT2D eigenvalue weighted by Crippen LogP contribution is -2.36. The Labute approximate surface area is 175 Å². The zero-order valence-corrected chi connectivity index (χ0v) is 16.4. The highest BCUT2D eigenvalue weighted by Crippen LogP contribution is 2.37. The predicted molar refractivity (Wildman–Crippen MR) is 124 cm³/mol. The molecule has 1 aliphatic rings. The van der Waals surface area contributed by atoms with Crippen LogP contribution in [0.4, 0.5) is 5.69 Å². The maximum atomic E-state index is 8.23. The number of benzene rings is 4. The van der Waals surface area contributed by atoms with E-state index < -0.39 is 0 Å². The van der Waals surface area contributed by atoms with E-state index in [0.717, 1.165) is 28.1 Å². The fourth-order valence-corrected chi connectivity index (χ4v) is 3.95. The van der Waals surface area contributed by atoms with E-state index in [0.29, 0.717) is 6.54 Å². The summed E-state index contributed by atoms with van der Waals surface area (Å²) in [7, 11) is 0. The molecule has 0 heterocycles. The van der Waals surface area contributed by atoms with Crippen LogP contribution in [0.1, 0.15) is 16.7 Å². The minimum absolute atomic E-state index is 0.0102. The van der Waals surface area contributed by atoms with Crippen molar-refractivity contribution in [2.75, 3.05) is 4.90 Å². The number of ether oxygens (including phenoxy) is 1. The van der Waals surface area contributed by atoms with Crippen molar-refractivity contribution in [3.63, 3.8) is 0 Å². The first-order chi connectivity index (χ1) is 14.7. The Morgan fingerprint density at radius 3 is 2.33 bits per heavy atom. The Kier molecular flexibility index (Phi) is 4.45. The summed E-state index contributed by atoms with van der Waals surface area (Å²) < 4.78 is 5.97. The number of hydrogen-bond acceptors (Lipinski definition) is 2. The Morgan fingerprint density at radius 1 is 0.800 bits per heavy atom. The van der Waals surface area contributed by atoms with Crippen molar-refractivity contribution in [1.29, 1.82) is 5.41 Å². The van der Waals surface area contributed by atoms with E-state index in [1.54, 1.807) is 0 Å². The third-order valence-corrected chi connectivity index (χ3v) is 5.32. The van der Waals surface area contributed by atoms with E-state index in [1.165, 1.54) is 16.5 Å². The van der Waals surface area contributed by atoms with Crippen LogP contribution in [0.2, 0.25) is 0 Å². The summed E-state index contributed by atoms with van der Waals surface area (Å²) in [6, 6.07) is 28.0. The third-order valence-electron chi connectivity index (χ3n) is 5.32. The zero-order chi connectivity index (χ0) is 20.5. The normalized spacial score (nSPS) is 11.6. The molecule has 0 fully saturated rings. The summed E-state index contributed by atoms with van der Waals surface area (Å²) in [5.74, 6) is 1.56. The molecule has 0 spiro atoms. The van der Waals surface area contributed by atoms with E-state index >= 15 is 0 Å². The topological polar surface area (TPSA) is 62.3 Å². The monoisotopic (exact) mass is 391 g/mol. The molecule has 0 atom stereocenters. The molecule has 4 aromatic rings. The number of anilines is 1. The number of rotatable bonds is 5. The van der Waals surface area contributed by atoms with Gasteiger partial charge in [-0.1, -0.05) is 66.7 Å². The second-order valence-electron chi connectivity index (χ2n) is 7.31. The quantitative estimate of drug-likeness (QED) is 0.285. The number of guanidine groups is 1. The van der Waals surface area contributed by atoms with Crippen molar-refractivity contribution >= 4 is 34.6 Å². The molecule has 3 N–H and O–H groups in total. The van der Waals surface area contributed by atoms with E-state index in [1.807, 2.05) is 71.6 Å². The van der Waals surface area contributed by atoms with Gasteiger partial charge in [0.1, 0.15) is 11.5 Å². The molecule has 0 aromatic heterocycles. The molecule has 146 valence electrons. The van der Waals surface area contributed by atoms with Crippen molar-refractivity contribution in [3.8, 4) is 11.5 Å². The number of nitrogens with one attached hydrogen (secondary N) is 1. The first-order valence-electron chi connectivity index (χ1n) is 9.86. The van der Waals surface area contributed by atoms with E-state index in [2.05, 4.69) is 30.4 Å². The lowest BCUT2D eigenvalue weighted by Gasteiger charge is -2.25. The van der Waals surface area contributed by atoms with Gasteiger partial charge >= 0.3 is 0 Å². The van der Waals surface area contributed by atoms with Gasteiger partial charge in [-0.15, -0.1) is 0 Å². The fraction of sp³-hybridized carbons (Fsp3) is 0.0385.